The molecule has 0 spiro atoms. The summed E-state index contributed by atoms with van der Waals surface area (Å²) in [5, 5.41) is 1.58. The Morgan fingerprint density at radius 1 is 1.31 bits per heavy atom. The van der Waals surface area contributed by atoms with Crippen molar-refractivity contribution in [3.05, 3.63) is 29.0 Å². The molecule has 0 saturated heterocycles. The topological polar surface area (TPSA) is 58.1 Å². The van der Waals surface area contributed by atoms with E-state index in [2.05, 4.69) is 15.0 Å². The van der Waals surface area contributed by atoms with Crippen molar-refractivity contribution in [1.82, 2.24) is 9.97 Å². The van der Waals surface area contributed by atoms with Crippen LogP contribution in [0.3, 0.4) is 0 Å². The molecule has 1 aliphatic heterocycles. The van der Waals surface area contributed by atoms with E-state index in [1.54, 1.807) is 6.33 Å². The molecule has 4 heteroatoms. The zero-order valence-corrected chi connectivity index (χ0v) is 6.61. The van der Waals surface area contributed by atoms with Gasteiger partial charge in [0.25, 0.3) is 5.91 Å². The maximum Gasteiger partial charge on any atom is 0.270 e. The summed E-state index contributed by atoms with van der Waals surface area (Å²) in [5.41, 5.74) is 1.77. The molecule has 1 amide bonds. The molecule has 2 aromatic rings. The summed E-state index contributed by atoms with van der Waals surface area (Å²) in [5.74, 6) is -0.192. The molecule has 0 fully saturated rings. The fourth-order valence-electron chi connectivity index (χ4n) is 1.48. The van der Waals surface area contributed by atoms with Gasteiger partial charge in [-0.3, -0.25) is 4.79 Å². The first kappa shape index (κ1) is 6.54. The Hall–Kier alpha value is -1.97. The van der Waals surface area contributed by atoms with E-state index in [0.717, 1.165) is 16.3 Å². The number of aromatic nitrogens is 2. The number of amides is 1. The minimum Gasteiger partial charge on any atom is -0.345 e. The summed E-state index contributed by atoms with van der Waals surface area (Å²) in [4.78, 5) is 21.8. The third-order valence-corrected chi connectivity index (χ3v) is 2.08. The highest BCUT2D eigenvalue weighted by Gasteiger charge is 2.05. The van der Waals surface area contributed by atoms with Gasteiger partial charge in [0, 0.05) is 11.3 Å². The number of fused-ring (bicyclic) bond motifs is 2. The molecule has 0 aliphatic carbocycles. The van der Waals surface area contributed by atoms with Crippen LogP contribution in [0.25, 0.3) is 17.1 Å². The predicted octanol–water partition coefficient (Wildman–Crippen LogP) is -0.497. The third kappa shape index (κ3) is 0.823. The highest BCUT2D eigenvalue weighted by Crippen LogP contribution is 2.02. The number of carbonyl (C=O) groups is 1. The summed E-state index contributed by atoms with van der Waals surface area (Å²) < 4.78 is 0. The van der Waals surface area contributed by atoms with Crippen molar-refractivity contribution in [3.63, 3.8) is 0 Å². The molecule has 1 N–H and O–H groups in total. The lowest BCUT2D eigenvalue weighted by molar-refractivity contribution is -0.112. The molecule has 0 saturated carbocycles. The average Bonchev–Trinajstić information content (AvgIpc) is 2.63. The number of hydrogen-bond donors (Lipinski definition) is 1. The van der Waals surface area contributed by atoms with E-state index < -0.39 is 0 Å². The largest absolute Gasteiger partial charge is 0.345 e. The molecule has 1 aliphatic rings. The minimum absolute atomic E-state index is 0.192. The first-order chi connectivity index (χ1) is 6.33. The Labute approximate surface area is 72.6 Å². The summed E-state index contributed by atoms with van der Waals surface area (Å²) in [7, 11) is 0. The number of H-pyrrole nitrogens is 1. The monoisotopic (exact) mass is 171 g/mol. The van der Waals surface area contributed by atoms with Crippen molar-refractivity contribution in [3.8, 4) is 0 Å². The lowest BCUT2D eigenvalue weighted by Gasteiger charge is -1.85. The average molecular weight is 171 g/mol. The van der Waals surface area contributed by atoms with E-state index in [1.165, 1.54) is 6.08 Å². The van der Waals surface area contributed by atoms with Gasteiger partial charge >= 0.3 is 0 Å². The highest BCUT2D eigenvalue weighted by molar-refractivity contribution is 6.06. The van der Waals surface area contributed by atoms with Crippen LogP contribution in [0.15, 0.2) is 23.5 Å². The van der Waals surface area contributed by atoms with E-state index >= 15 is 0 Å². The van der Waals surface area contributed by atoms with Crippen molar-refractivity contribution < 1.29 is 4.79 Å². The second-order valence-electron chi connectivity index (χ2n) is 2.93. The molecule has 1 aromatic carbocycles. The highest BCUT2D eigenvalue weighted by atomic mass is 16.1. The number of carbonyl (C=O) groups excluding carboxylic acids is 1. The summed E-state index contributed by atoms with van der Waals surface area (Å²) in [6.07, 6.45) is 3.15. The second kappa shape index (κ2) is 2.04. The van der Waals surface area contributed by atoms with Crippen LogP contribution in [0.1, 0.15) is 0 Å². The lowest BCUT2D eigenvalue weighted by Crippen LogP contribution is -2.20. The van der Waals surface area contributed by atoms with Crippen LogP contribution >= 0.6 is 0 Å². The molecule has 0 unspecified atom stereocenters. The smallest absolute Gasteiger partial charge is 0.270 e. The molecule has 4 nitrogen and oxygen atoms in total. The maximum absolute atomic E-state index is 10.9. The summed E-state index contributed by atoms with van der Waals surface area (Å²) >= 11 is 0. The van der Waals surface area contributed by atoms with Gasteiger partial charge < -0.3 is 4.98 Å². The van der Waals surface area contributed by atoms with Crippen molar-refractivity contribution in [2.45, 2.75) is 0 Å². The van der Waals surface area contributed by atoms with Crippen LogP contribution in [0.4, 0.5) is 0 Å². The van der Waals surface area contributed by atoms with Gasteiger partial charge in [-0.1, -0.05) is 0 Å². The van der Waals surface area contributed by atoms with Gasteiger partial charge in [-0.25, -0.2) is 9.98 Å². The molecule has 1 aromatic heterocycles. The Balaban J connectivity index is 2.60. The van der Waals surface area contributed by atoms with Crippen LogP contribution in [0, 0.1) is 0 Å². The number of nitrogens with zero attached hydrogens (tertiary/aromatic N) is 2. The van der Waals surface area contributed by atoms with Gasteiger partial charge in [0.15, 0.2) is 0 Å². The van der Waals surface area contributed by atoms with Crippen molar-refractivity contribution in [1.29, 1.82) is 0 Å². The predicted molar refractivity (Wildman–Crippen MR) is 46.3 cm³/mol. The number of hydrogen-bond acceptors (Lipinski definition) is 2. The molecular formula is C9H5N3O. The Morgan fingerprint density at radius 3 is 3.15 bits per heavy atom. The zero-order chi connectivity index (χ0) is 8.84. The molecular weight excluding hydrogens is 166 g/mol. The molecule has 0 bridgehead atoms. The quantitative estimate of drug-likeness (QED) is 0.581. The fourth-order valence-corrected chi connectivity index (χ4v) is 1.48. The molecule has 13 heavy (non-hydrogen) atoms. The number of benzene rings is 1. The third-order valence-electron chi connectivity index (χ3n) is 2.08. The van der Waals surface area contributed by atoms with E-state index in [4.69, 9.17) is 0 Å². The molecule has 0 atom stereocenters. The van der Waals surface area contributed by atoms with Gasteiger partial charge in [0.1, 0.15) is 0 Å². The first-order valence-electron chi connectivity index (χ1n) is 3.90. The Morgan fingerprint density at radius 2 is 2.23 bits per heavy atom. The molecule has 3 rings (SSSR count). The number of aromatic amines is 1. The lowest BCUT2D eigenvalue weighted by atomic mass is 10.2. The van der Waals surface area contributed by atoms with Gasteiger partial charge in [-0.2, -0.15) is 0 Å². The maximum atomic E-state index is 10.9. The normalized spacial score (nSPS) is 14.0. The van der Waals surface area contributed by atoms with Crippen molar-refractivity contribution in [2.75, 3.05) is 0 Å². The van der Waals surface area contributed by atoms with Crippen LogP contribution in [0.2, 0.25) is 0 Å². The first-order valence-corrected chi connectivity index (χ1v) is 3.90. The van der Waals surface area contributed by atoms with E-state index in [0.29, 0.717) is 5.36 Å². The van der Waals surface area contributed by atoms with Crippen LogP contribution in [0.5, 0.6) is 0 Å². The SMILES string of the molecule is O=C1C=c2cc3[nH]cnc3cc2=N1. The number of nitrogens with one attached hydrogen (secondary N) is 1. The minimum atomic E-state index is -0.192. The molecule has 62 valence electrons. The zero-order valence-electron chi connectivity index (χ0n) is 6.61. The van der Waals surface area contributed by atoms with Gasteiger partial charge in [0.05, 0.1) is 22.7 Å². The number of rotatable bonds is 0. The van der Waals surface area contributed by atoms with Crippen LogP contribution < -0.4 is 10.6 Å². The van der Waals surface area contributed by atoms with Crippen molar-refractivity contribution >= 4 is 23.0 Å². The van der Waals surface area contributed by atoms with E-state index in [-0.39, 0.29) is 5.91 Å². The summed E-state index contributed by atoms with van der Waals surface area (Å²) in [6, 6.07) is 3.69. The Bertz CT molecular complexity index is 572. The fraction of sp³-hybridized carbons (Fsp3) is 0. The van der Waals surface area contributed by atoms with Crippen LogP contribution in [-0.4, -0.2) is 15.9 Å². The van der Waals surface area contributed by atoms with Crippen LogP contribution in [-0.2, 0) is 4.79 Å². The standard InChI is InChI=1S/C9H5N3O/c13-9-2-5-1-7-8(11-4-10-7)3-6(5)12-9/h1-4H,(H,10,11). The molecule has 2 heterocycles. The van der Waals surface area contributed by atoms with E-state index in [9.17, 15) is 4.79 Å². The van der Waals surface area contributed by atoms with Gasteiger partial charge in [-0.15, -0.1) is 0 Å². The Kier molecular flexibility index (Phi) is 1.02. The molecule has 0 radical (unpaired) electrons. The van der Waals surface area contributed by atoms with Gasteiger partial charge in [0.2, 0.25) is 0 Å². The van der Waals surface area contributed by atoms with Gasteiger partial charge in [-0.05, 0) is 12.1 Å². The number of imidazole rings is 1. The van der Waals surface area contributed by atoms with Crippen molar-refractivity contribution in [2.24, 2.45) is 4.99 Å². The van der Waals surface area contributed by atoms with E-state index in [1.807, 2.05) is 12.1 Å². The second-order valence-corrected chi connectivity index (χ2v) is 2.93. The summed E-state index contributed by atoms with van der Waals surface area (Å²) in [6.45, 7) is 0.